The maximum Gasteiger partial charge on any atom is 0.132 e. The summed E-state index contributed by atoms with van der Waals surface area (Å²) in [7, 11) is 0. The van der Waals surface area contributed by atoms with Crippen molar-refractivity contribution < 1.29 is 0 Å². The monoisotopic (exact) mass is 329 g/mol. The second kappa shape index (κ2) is 6.53. The molecule has 23 heavy (non-hydrogen) atoms. The van der Waals surface area contributed by atoms with Gasteiger partial charge in [0.05, 0.1) is 5.01 Å². The summed E-state index contributed by atoms with van der Waals surface area (Å²) < 4.78 is 0. The fourth-order valence-electron chi connectivity index (χ4n) is 3.52. The van der Waals surface area contributed by atoms with Gasteiger partial charge in [-0.2, -0.15) is 0 Å². The summed E-state index contributed by atoms with van der Waals surface area (Å²) in [6.07, 6.45) is 10.6. The number of rotatable bonds is 5. The number of nitrogens with zero attached hydrogens (tertiary/aromatic N) is 5. The van der Waals surface area contributed by atoms with E-state index in [1.807, 2.05) is 23.7 Å². The van der Waals surface area contributed by atoms with E-state index in [1.165, 1.54) is 35.6 Å². The average Bonchev–Trinajstić information content (AvgIpc) is 3.33. The van der Waals surface area contributed by atoms with E-state index in [0.29, 0.717) is 12.1 Å². The van der Waals surface area contributed by atoms with Crippen LogP contribution < -0.4 is 4.90 Å². The zero-order valence-electron chi connectivity index (χ0n) is 13.6. The molecule has 1 aliphatic carbocycles. The Bertz CT molecular complexity index is 631. The van der Waals surface area contributed by atoms with Crippen molar-refractivity contribution in [3.05, 3.63) is 34.7 Å². The Morgan fingerprint density at radius 2 is 1.96 bits per heavy atom. The molecule has 0 bridgehead atoms. The average molecular weight is 329 g/mol. The van der Waals surface area contributed by atoms with Gasteiger partial charge in [-0.1, -0.05) is 0 Å². The smallest absolute Gasteiger partial charge is 0.132 e. The SMILES string of the molecule is Cc1ncc(CN2CCC(N(c3ccncn3)C3CC3)CC2)s1. The number of piperidine rings is 1. The lowest BCUT2D eigenvalue weighted by Gasteiger charge is -2.39. The van der Waals surface area contributed by atoms with Crippen molar-refractivity contribution in [1.29, 1.82) is 0 Å². The number of aromatic nitrogens is 3. The molecule has 2 fully saturated rings. The highest BCUT2D eigenvalue weighted by atomic mass is 32.1. The van der Waals surface area contributed by atoms with Crippen LogP contribution in [0, 0.1) is 6.92 Å². The van der Waals surface area contributed by atoms with Gasteiger partial charge >= 0.3 is 0 Å². The molecule has 122 valence electrons. The molecule has 0 aromatic carbocycles. The van der Waals surface area contributed by atoms with E-state index in [2.05, 4.69) is 37.7 Å². The van der Waals surface area contributed by atoms with Crippen molar-refractivity contribution in [2.75, 3.05) is 18.0 Å². The molecule has 1 saturated carbocycles. The molecule has 0 amide bonds. The molecule has 4 rings (SSSR count). The number of thiazole rings is 1. The van der Waals surface area contributed by atoms with Crippen molar-refractivity contribution in [3.8, 4) is 0 Å². The van der Waals surface area contributed by atoms with Gasteiger partial charge in [0.2, 0.25) is 0 Å². The van der Waals surface area contributed by atoms with Gasteiger partial charge in [-0.15, -0.1) is 11.3 Å². The Morgan fingerprint density at radius 1 is 1.17 bits per heavy atom. The maximum absolute atomic E-state index is 4.50. The first-order valence-corrected chi connectivity index (χ1v) is 9.29. The fourth-order valence-corrected chi connectivity index (χ4v) is 4.35. The van der Waals surface area contributed by atoms with E-state index >= 15 is 0 Å². The molecule has 0 atom stereocenters. The summed E-state index contributed by atoms with van der Waals surface area (Å²) >= 11 is 1.82. The predicted octanol–water partition coefficient (Wildman–Crippen LogP) is 2.87. The third-order valence-electron chi connectivity index (χ3n) is 4.77. The first-order chi connectivity index (χ1) is 11.3. The standard InChI is InChI=1S/C17H23N5S/c1-13-19-10-16(23-13)11-21-8-5-15(6-9-21)22(14-2-3-14)17-4-7-18-12-20-17/h4,7,10,12,14-15H,2-3,5-6,8-9,11H2,1H3. The summed E-state index contributed by atoms with van der Waals surface area (Å²) in [6, 6.07) is 3.38. The van der Waals surface area contributed by atoms with E-state index in [-0.39, 0.29) is 0 Å². The largest absolute Gasteiger partial charge is 0.350 e. The summed E-state index contributed by atoms with van der Waals surface area (Å²) in [5.74, 6) is 1.11. The number of hydrogen-bond donors (Lipinski definition) is 0. The molecule has 5 nitrogen and oxygen atoms in total. The zero-order chi connectivity index (χ0) is 15.6. The van der Waals surface area contributed by atoms with Gasteiger partial charge in [0.15, 0.2) is 0 Å². The molecule has 2 aliphatic rings. The second-order valence-electron chi connectivity index (χ2n) is 6.56. The van der Waals surface area contributed by atoms with E-state index < -0.39 is 0 Å². The predicted molar refractivity (Wildman–Crippen MR) is 92.7 cm³/mol. The zero-order valence-corrected chi connectivity index (χ0v) is 14.4. The molecule has 3 heterocycles. The van der Waals surface area contributed by atoms with Gasteiger partial charge in [-0.05, 0) is 38.7 Å². The minimum atomic E-state index is 0.622. The van der Waals surface area contributed by atoms with Crippen LogP contribution in [0.1, 0.15) is 35.6 Å². The van der Waals surface area contributed by atoms with Gasteiger partial charge in [0.1, 0.15) is 12.1 Å². The molecule has 0 radical (unpaired) electrons. The number of anilines is 1. The Balaban J connectivity index is 1.38. The van der Waals surface area contributed by atoms with Crippen LogP contribution in [0.3, 0.4) is 0 Å². The number of aryl methyl sites for hydroxylation is 1. The molecule has 0 N–H and O–H groups in total. The summed E-state index contributed by atoms with van der Waals surface area (Å²) in [6.45, 7) is 5.45. The van der Waals surface area contributed by atoms with Crippen molar-refractivity contribution >= 4 is 17.2 Å². The second-order valence-corrected chi connectivity index (χ2v) is 7.88. The number of hydrogen-bond acceptors (Lipinski definition) is 6. The van der Waals surface area contributed by atoms with Gasteiger partial charge < -0.3 is 4.90 Å². The topological polar surface area (TPSA) is 45.2 Å². The van der Waals surface area contributed by atoms with Crippen LogP contribution >= 0.6 is 11.3 Å². The van der Waals surface area contributed by atoms with Gasteiger partial charge in [-0.25, -0.2) is 15.0 Å². The first-order valence-electron chi connectivity index (χ1n) is 8.47. The van der Waals surface area contributed by atoms with E-state index in [0.717, 1.165) is 25.5 Å². The summed E-state index contributed by atoms with van der Waals surface area (Å²) in [5.41, 5.74) is 0. The molecule has 1 saturated heterocycles. The van der Waals surface area contributed by atoms with Crippen LogP contribution in [-0.4, -0.2) is 45.0 Å². The number of likely N-dealkylation sites (tertiary alicyclic amines) is 1. The third-order valence-corrected chi connectivity index (χ3v) is 5.67. The minimum absolute atomic E-state index is 0.622. The van der Waals surface area contributed by atoms with Gasteiger partial charge in [0.25, 0.3) is 0 Å². The first kappa shape index (κ1) is 15.0. The molecule has 2 aromatic heterocycles. The van der Waals surface area contributed by atoms with Crippen LogP contribution in [0.5, 0.6) is 0 Å². The summed E-state index contributed by atoms with van der Waals surface area (Å²) in [4.78, 5) is 19.4. The fraction of sp³-hybridized carbons (Fsp3) is 0.588. The third kappa shape index (κ3) is 3.53. The lowest BCUT2D eigenvalue weighted by atomic mass is 10.0. The van der Waals surface area contributed by atoms with Crippen LogP contribution in [0.2, 0.25) is 0 Å². The molecular weight excluding hydrogens is 306 g/mol. The minimum Gasteiger partial charge on any atom is -0.350 e. The highest BCUT2D eigenvalue weighted by Crippen LogP contribution is 2.35. The van der Waals surface area contributed by atoms with Crippen LogP contribution in [-0.2, 0) is 6.54 Å². The molecule has 2 aromatic rings. The quantitative estimate of drug-likeness (QED) is 0.844. The van der Waals surface area contributed by atoms with Crippen molar-refractivity contribution in [3.63, 3.8) is 0 Å². The Labute approximate surface area is 141 Å². The van der Waals surface area contributed by atoms with E-state index in [9.17, 15) is 0 Å². The lowest BCUT2D eigenvalue weighted by molar-refractivity contribution is 0.202. The Kier molecular flexibility index (Phi) is 4.27. The lowest BCUT2D eigenvalue weighted by Crippen LogP contribution is -2.46. The van der Waals surface area contributed by atoms with E-state index in [4.69, 9.17) is 0 Å². The van der Waals surface area contributed by atoms with Gasteiger partial charge in [-0.3, -0.25) is 4.90 Å². The van der Waals surface area contributed by atoms with E-state index in [1.54, 1.807) is 6.33 Å². The van der Waals surface area contributed by atoms with Crippen molar-refractivity contribution in [1.82, 2.24) is 19.9 Å². The Morgan fingerprint density at radius 3 is 2.57 bits per heavy atom. The van der Waals surface area contributed by atoms with Crippen LogP contribution in [0.25, 0.3) is 0 Å². The summed E-state index contributed by atoms with van der Waals surface area (Å²) in [5, 5.41) is 1.17. The molecule has 0 spiro atoms. The highest BCUT2D eigenvalue weighted by Gasteiger charge is 2.36. The van der Waals surface area contributed by atoms with Crippen LogP contribution in [0.4, 0.5) is 5.82 Å². The highest BCUT2D eigenvalue weighted by molar-refractivity contribution is 7.11. The molecule has 1 aliphatic heterocycles. The van der Waals surface area contributed by atoms with Crippen molar-refractivity contribution in [2.45, 2.75) is 51.2 Å². The van der Waals surface area contributed by atoms with Crippen molar-refractivity contribution in [2.24, 2.45) is 0 Å². The Hall–Kier alpha value is -1.53. The molecule has 6 heteroatoms. The molecular formula is C17H23N5S. The van der Waals surface area contributed by atoms with Gasteiger partial charge in [0, 0.05) is 49.0 Å². The normalized spacial score (nSPS) is 19.9. The maximum atomic E-state index is 4.50. The van der Waals surface area contributed by atoms with Crippen LogP contribution in [0.15, 0.2) is 24.8 Å². The molecule has 0 unspecified atom stereocenters.